The molecule has 1 heteroatoms. The number of unbranched alkanes of at least 4 members (excludes halogenated alkanes) is 3. The minimum atomic E-state index is 1.09. The van der Waals surface area contributed by atoms with Gasteiger partial charge >= 0.3 is 0 Å². The number of aryl methyl sites for hydroxylation is 1. The second kappa shape index (κ2) is 5.36. The van der Waals surface area contributed by atoms with Gasteiger partial charge in [-0.1, -0.05) is 26.2 Å². The van der Waals surface area contributed by atoms with Crippen molar-refractivity contribution in [1.82, 2.24) is 0 Å². The van der Waals surface area contributed by atoms with Crippen molar-refractivity contribution in [3.05, 3.63) is 29.3 Å². The van der Waals surface area contributed by atoms with E-state index in [1.54, 1.807) is 11.3 Å². The quantitative estimate of drug-likeness (QED) is 0.587. The normalized spacial score (nSPS) is 10.3. The van der Waals surface area contributed by atoms with E-state index in [1.807, 2.05) is 0 Å². The number of rotatable bonds is 5. The minimum absolute atomic E-state index is 1.09. The third-order valence-electron chi connectivity index (χ3n) is 1.80. The highest BCUT2D eigenvalue weighted by Gasteiger charge is 1.91. The van der Waals surface area contributed by atoms with Gasteiger partial charge in [0, 0.05) is 0 Å². The summed E-state index contributed by atoms with van der Waals surface area (Å²) in [6, 6.07) is 2.22. The lowest BCUT2D eigenvalue weighted by molar-refractivity contribution is 0.687. The molecule has 1 radical (unpaired) electrons. The largest absolute Gasteiger partial charge is 0.152 e. The summed E-state index contributed by atoms with van der Waals surface area (Å²) >= 11 is 1.79. The molecule has 0 aliphatic heterocycles. The van der Waals surface area contributed by atoms with Gasteiger partial charge in [0.15, 0.2) is 0 Å². The molecule has 0 aliphatic rings. The predicted octanol–water partition coefficient (Wildman–Crippen LogP) is 3.69. The van der Waals surface area contributed by atoms with Crippen LogP contribution in [0.4, 0.5) is 0 Å². The zero-order valence-corrected chi connectivity index (χ0v) is 7.70. The van der Waals surface area contributed by atoms with Crippen LogP contribution in [0.3, 0.4) is 0 Å². The lowest BCUT2D eigenvalue weighted by Crippen LogP contribution is -1.81. The fourth-order valence-electron chi connectivity index (χ4n) is 1.12. The van der Waals surface area contributed by atoms with E-state index in [-0.39, 0.29) is 0 Å². The number of hydrogen-bond donors (Lipinski definition) is 0. The fraction of sp³-hybridized carbons (Fsp3) is 0.500. The molecule has 0 aromatic carbocycles. The average molecular weight is 167 g/mol. The summed E-state index contributed by atoms with van der Waals surface area (Å²) in [6.07, 6.45) is 6.28. The molecular formula is C10H15S. The van der Waals surface area contributed by atoms with Gasteiger partial charge in [0.05, 0.1) is 0 Å². The van der Waals surface area contributed by atoms with Crippen LogP contribution in [0.1, 0.15) is 31.2 Å². The summed E-state index contributed by atoms with van der Waals surface area (Å²) < 4.78 is 0. The Morgan fingerprint density at radius 1 is 1.27 bits per heavy atom. The molecule has 0 amide bonds. The third kappa shape index (κ3) is 3.57. The molecule has 1 rings (SSSR count). The van der Waals surface area contributed by atoms with Gasteiger partial charge in [0.25, 0.3) is 0 Å². The van der Waals surface area contributed by atoms with E-state index in [9.17, 15) is 0 Å². The molecule has 0 atom stereocenters. The smallest absolute Gasteiger partial charge is 0.00613 e. The molecule has 0 nitrogen and oxygen atoms in total. The standard InChI is InChI=1S/C10H15S/c1-2-3-4-5-6-10-7-8-11-9-10/h7-9H,1-6H2. The van der Waals surface area contributed by atoms with Crippen molar-refractivity contribution in [2.45, 2.75) is 32.1 Å². The molecule has 61 valence electrons. The first-order chi connectivity index (χ1) is 5.43. The maximum Gasteiger partial charge on any atom is -0.00613 e. The lowest BCUT2D eigenvalue weighted by Gasteiger charge is -1.96. The zero-order chi connectivity index (χ0) is 7.94. The summed E-state index contributed by atoms with van der Waals surface area (Å²) in [5.74, 6) is 0. The topological polar surface area (TPSA) is 0 Å². The monoisotopic (exact) mass is 167 g/mol. The minimum Gasteiger partial charge on any atom is -0.152 e. The van der Waals surface area contributed by atoms with E-state index >= 15 is 0 Å². The Morgan fingerprint density at radius 3 is 2.82 bits per heavy atom. The van der Waals surface area contributed by atoms with Crippen molar-refractivity contribution in [3.8, 4) is 0 Å². The second-order valence-corrected chi connectivity index (χ2v) is 3.58. The Labute approximate surface area is 73.3 Å². The van der Waals surface area contributed by atoms with Gasteiger partial charge < -0.3 is 0 Å². The molecule has 11 heavy (non-hydrogen) atoms. The summed E-state index contributed by atoms with van der Waals surface area (Å²) in [4.78, 5) is 0. The van der Waals surface area contributed by atoms with Gasteiger partial charge in [-0.25, -0.2) is 0 Å². The maximum absolute atomic E-state index is 3.82. The van der Waals surface area contributed by atoms with Gasteiger partial charge in [-0.3, -0.25) is 0 Å². The van der Waals surface area contributed by atoms with E-state index < -0.39 is 0 Å². The van der Waals surface area contributed by atoms with Gasteiger partial charge in [-0.05, 0) is 35.2 Å². The van der Waals surface area contributed by atoms with Crippen LogP contribution in [-0.2, 0) is 6.42 Å². The molecule has 0 N–H and O–H groups in total. The first kappa shape index (κ1) is 8.79. The third-order valence-corrected chi connectivity index (χ3v) is 2.53. The number of hydrogen-bond acceptors (Lipinski definition) is 1. The molecule has 0 bridgehead atoms. The van der Waals surface area contributed by atoms with Gasteiger partial charge in [0.2, 0.25) is 0 Å². The summed E-state index contributed by atoms with van der Waals surface area (Å²) in [5.41, 5.74) is 1.50. The molecule has 0 saturated heterocycles. The van der Waals surface area contributed by atoms with Crippen molar-refractivity contribution >= 4 is 11.3 Å². The number of thiophene rings is 1. The van der Waals surface area contributed by atoms with E-state index in [1.165, 1.54) is 31.2 Å². The summed E-state index contributed by atoms with van der Waals surface area (Å²) in [5, 5.41) is 4.39. The highest BCUT2D eigenvalue weighted by molar-refractivity contribution is 7.07. The van der Waals surface area contributed by atoms with E-state index in [0.29, 0.717) is 0 Å². The van der Waals surface area contributed by atoms with E-state index in [2.05, 4.69) is 23.8 Å². The van der Waals surface area contributed by atoms with Crippen molar-refractivity contribution in [1.29, 1.82) is 0 Å². The van der Waals surface area contributed by atoms with Crippen LogP contribution >= 0.6 is 11.3 Å². The second-order valence-electron chi connectivity index (χ2n) is 2.80. The molecule has 1 aromatic heterocycles. The molecule has 1 aromatic rings. The van der Waals surface area contributed by atoms with Crippen LogP contribution < -0.4 is 0 Å². The van der Waals surface area contributed by atoms with Crippen LogP contribution in [0.25, 0.3) is 0 Å². The van der Waals surface area contributed by atoms with Crippen LogP contribution in [0.5, 0.6) is 0 Å². The molecule has 0 fully saturated rings. The first-order valence-electron chi connectivity index (χ1n) is 4.24. The van der Waals surface area contributed by atoms with Crippen LogP contribution in [0, 0.1) is 6.92 Å². The van der Waals surface area contributed by atoms with Gasteiger partial charge in [-0.2, -0.15) is 11.3 Å². The maximum atomic E-state index is 3.82. The molecule has 0 unspecified atom stereocenters. The van der Waals surface area contributed by atoms with Crippen LogP contribution in [0.15, 0.2) is 16.8 Å². The van der Waals surface area contributed by atoms with Gasteiger partial charge in [0.1, 0.15) is 0 Å². The molecular weight excluding hydrogens is 152 g/mol. The van der Waals surface area contributed by atoms with Crippen LogP contribution in [0.2, 0.25) is 0 Å². The fourth-order valence-corrected chi connectivity index (χ4v) is 1.82. The average Bonchev–Trinajstić information content (AvgIpc) is 2.50. The highest BCUT2D eigenvalue weighted by atomic mass is 32.1. The first-order valence-corrected chi connectivity index (χ1v) is 5.18. The Morgan fingerprint density at radius 2 is 2.18 bits per heavy atom. The van der Waals surface area contributed by atoms with Crippen molar-refractivity contribution in [2.75, 3.05) is 0 Å². The highest BCUT2D eigenvalue weighted by Crippen LogP contribution is 2.10. The molecule has 0 saturated carbocycles. The Balaban J connectivity index is 2.04. The summed E-state index contributed by atoms with van der Waals surface area (Å²) in [7, 11) is 0. The zero-order valence-electron chi connectivity index (χ0n) is 6.88. The predicted molar refractivity (Wildman–Crippen MR) is 51.8 cm³/mol. The molecule has 0 aliphatic carbocycles. The van der Waals surface area contributed by atoms with Crippen molar-refractivity contribution in [2.24, 2.45) is 0 Å². The lowest BCUT2D eigenvalue weighted by atomic mass is 10.1. The Kier molecular flexibility index (Phi) is 4.29. The van der Waals surface area contributed by atoms with Crippen LogP contribution in [-0.4, -0.2) is 0 Å². The molecule has 1 heterocycles. The Hall–Kier alpha value is -0.300. The van der Waals surface area contributed by atoms with Crippen molar-refractivity contribution in [3.63, 3.8) is 0 Å². The Bertz CT molecular complexity index is 165. The van der Waals surface area contributed by atoms with E-state index in [0.717, 1.165) is 6.42 Å². The SMILES string of the molecule is [CH2]CCCCCc1ccsc1. The van der Waals surface area contributed by atoms with Gasteiger partial charge in [-0.15, -0.1) is 0 Å². The van der Waals surface area contributed by atoms with E-state index in [4.69, 9.17) is 0 Å². The van der Waals surface area contributed by atoms with Crippen molar-refractivity contribution < 1.29 is 0 Å². The molecule has 0 spiro atoms. The summed E-state index contributed by atoms with van der Waals surface area (Å²) in [6.45, 7) is 3.82.